The number of rotatable bonds is 2. The summed E-state index contributed by atoms with van der Waals surface area (Å²) < 4.78 is 23.1. The van der Waals surface area contributed by atoms with Gasteiger partial charge in [0.25, 0.3) is 0 Å². The molecule has 1 aliphatic heterocycles. The van der Waals surface area contributed by atoms with Gasteiger partial charge in [0.05, 0.1) is 17.0 Å². The summed E-state index contributed by atoms with van der Waals surface area (Å²) in [5, 5.41) is 1.05. The van der Waals surface area contributed by atoms with Gasteiger partial charge in [0, 0.05) is 17.1 Å². The van der Waals surface area contributed by atoms with E-state index in [2.05, 4.69) is 4.98 Å². The number of hydrogen-bond donors (Lipinski definition) is 1. The lowest BCUT2D eigenvalue weighted by Crippen LogP contribution is -2.22. The number of benzene rings is 1. The van der Waals surface area contributed by atoms with Crippen LogP contribution in [0.25, 0.3) is 10.9 Å². The molecule has 1 fully saturated rings. The molecule has 4 nitrogen and oxygen atoms in total. The Hall–Kier alpha value is -1.46. The highest BCUT2D eigenvalue weighted by Crippen LogP contribution is 2.30. The van der Waals surface area contributed by atoms with E-state index < -0.39 is 9.84 Å². The van der Waals surface area contributed by atoms with Crippen LogP contribution in [-0.4, -0.2) is 24.9 Å². The molecule has 5 heteroatoms. The van der Waals surface area contributed by atoms with Crippen molar-refractivity contribution in [2.24, 2.45) is 11.7 Å². The fraction of sp³-hybridized carbons (Fsp3) is 0.400. The van der Waals surface area contributed by atoms with Crippen molar-refractivity contribution in [2.75, 3.05) is 11.5 Å². The van der Waals surface area contributed by atoms with Crippen LogP contribution in [0.1, 0.15) is 23.7 Å². The van der Waals surface area contributed by atoms with Gasteiger partial charge in [-0.15, -0.1) is 0 Å². The van der Waals surface area contributed by atoms with Crippen molar-refractivity contribution in [2.45, 2.75) is 19.4 Å². The van der Waals surface area contributed by atoms with Crippen molar-refractivity contribution in [1.82, 2.24) is 4.98 Å². The molecule has 2 aromatic rings. The highest BCUT2D eigenvalue weighted by Gasteiger charge is 2.32. The fourth-order valence-corrected chi connectivity index (χ4v) is 4.69. The second-order valence-corrected chi connectivity index (χ2v) is 7.82. The fourth-order valence-electron chi connectivity index (χ4n) is 2.83. The maximum absolute atomic E-state index is 11.6. The predicted molar refractivity (Wildman–Crippen MR) is 80.2 cm³/mol. The highest BCUT2D eigenvalue weighted by atomic mass is 32.2. The van der Waals surface area contributed by atoms with Gasteiger partial charge >= 0.3 is 0 Å². The number of aromatic nitrogens is 1. The maximum atomic E-state index is 11.6. The highest BCUT2D eigenvalue weighted by molar-refractivity contribution is 7.91. The summed E-state index contributed by atoms with van der Waals surface area (Å²) in [4.78, 5) is 4.46. The van der Waals surface area contributed by atoms with Crippen LogP contribution in [-0.2, 0) is 9.84 Å². The molecule has 2 atom stereocenters. The van der Waals surface area contributed by atoms with Gasteiger partial charge < -0.3 is 5.73 Å². The van der Waals surface area contributed by atoms with Gasteiger partial charge in [-0.2, -0.15) is 0 Å². The zero-order valence-electron chi connectivity index (χ0n) is 11.4. The molecule has 106 valence electrons. The van der Waals surface area contributed by atoms with Gasteiger partial charge in [-0.25, -0.2) is 8.42 Å². The summed E-state index contributed by atoms with van der Waals surface area (Å²) in [6.07, 6.45) is 0.660. The van der Waals surface area contributed by atoms with Crippen LogP contribution >= 0.6 is 0 Å². The third kappa shape index (κ3) is 2.55. The second kappa shape index (κ2) is 4.82. The average Bonchev–Trinajstić information content (AvgIpc) is 2.77. The van der Waals surface area contributed by atoms with Gasteiger partial charge in [0.15, 0.2) is 9.84 Å². The monoisotopic (exact) mass is 290 g/mol. The number of aryl methyl sites for hydroxylation is 1. The predicted octanol–water partition coefficient (Wildman–Crippen LogP) is 1.98. The Morgan fingerprint density at radius 1 is 1.30 bits per heavy atom. The molecule has 2 unspecified atom stereocenters. The molecule has 20 heavy (non-hydrogen) atoms. The summed E-state index contributed by atoms with van der Waals surface area (Å²) in [5.41, 5.74) is 9.18. The van der Waals surface area contributed by atoms with E-state index in [1.165, 1.54) is 0 Å². The van der Waals surface area contributed by atoms with Gasteiger partial charge in [0.2, 0.25) is 0 Å². The molecule has 3 rings (SSSR count). The number of nitrogens with zero attached hydrogens (tertiary/aromatic N) is 1. The Kier molecular flexibility index (Phi) is 3.26. The number of nitrogens with two attached hydrogens (primary N) is 1. The second-order valence-electron chi connectivity index (χ2n) is 5.59. The van der Waals surface area contributed by atoms with Crippen LogP contribution < -0.4 is 5.73 Å². The minimum Gasteiger partial charge on any atom is -0.324 e. The summed E-state index contributed by atoms with van der Waals surface area (Å²) in [6, 6.07) is 9.72. The first-order valence-corrected chi connectivity index (χ1v) is 8.60. The van der Waals surface area contributed by atoms with E-state index in [-0.39, 0.29) is 23.5 Å². The van der Waals surface area contributed by atoms with Gasteiger partial charge in [-0.3, -0.25) is 4.98 Å². The third-order valence-electron chi connectivity index (χ3n) is 4.01. The van der Waals surface area contributed by atoms with E-state index in [4.69, 9.17) is 5.73 Å². The molecule has 1 aromatic carbocycles. The van der Waals surface area contributed by atoms with Crippen molar-refractivity contribution in [1.29, 1.82) is 0 Å². The molecule has 0 spiro atoms. The Morgan fingerprint density at radius 2 is 2.10 bits per heavy atom. The smallest absolute Gasteiger partial charge is 0.150 e. The van der Waals surface area contributed by atoms with Crippen molar-refractivity contribution in [3.8, 4) is 0 Å². The molecule has 0 amide bonds. The quantitative estimate of drug-likeness (QED) is 0.918. The minimum atomic E-state index is -2.89. The lowest BCUT2D eigenvalue weighted by Gasteiger charge is -2.18. The van der Waals surface area contributed by atoms with Crippen LogP contribution in [0.15, 0.2) is 30.3 Å². The summed E-state index contributed by atoms with van der Waals surface area (Å²) in [6.45, 7) is 1.96. The summed E-state index contributed by atoms with van der Waals surface area (Å²) >= 11 is 0. The maximum Gasteiger partial charge on any atom is 0.150 e. The number of hydrogen-bond acceptors (Lipinski definition) is 4. The standard InChI is InChI=1S/C15H18N2O2S/c1-10-2-3-11-8-12(4-5-14(11)17-10)15(16)13-6-7-20(18,19)9-13/h2-5,8,13,15H,6-7,9,16H2,1H3. The summed E-state index contributed by atoms with van der Waals surface area (Å²) in [5.74, 6) is 0.494. The third-order valence-corrected chi connectivity index (χ3v) is 5.81. The molecule has 1 saturated heterocycles. The number of pyridine rings is 1. The molecule has 0 bridgehead atoms. The summed E-state index contributed by atoms with van der Waals surface area (Å²) in [7, 11) is -2.89. The normalized spacial score (nSPS) is 23.0. The Balaban J connectivity index is 1.92. The molecule has 0 aliphatic carbocycles. The van der Waals surface area contributed by atoms with Crippen molar-refractivity contribution in [3.63, 3.8) is 0 Å². The lowest BCUT2D eigenvalue weighted by atomic mass is 9.92. The van der Waals surface area contributed by atoms with E-state index in [1.807, 2.05) is 37.3 Å². The van der Waals surface area contributed by atoms with Crippen molar-refractivity contribution >= 4 is 20.7 Å². The largest absolute Gasteiger partial charge is 0.324 e. The Morgan fingerprint density at radius 3 is 2.80 bits per heavy atom. The first-order chi connectivity index (χ1) is 9.44. The van der Waals surface area contributed by atoms with E-state index in [0.717, 1.165) is 22.2 Å². The van der Waals surface area contributed by atoms with Gasteiger partial charge in [-0.05, 0) is 43.0 Å². The minimum absolute atomic E-state index is 0.0239. The lowest BCUT2D eigenvalue weighted by molar-refractivity contribution is 0.480. The zero-order valence-corrected chi connectivity index (χ0v) is 12.2. The molecule has 0 saturated carbocycles. The average molecular weight is 290 g/mol. The van der Waals surface area contributed by atoms with Crippen LogP contribution in [0.5, 0.6) is 0 Å². The van der Waals surface area contributed by atoms with Crippen molar-refractivity contribution in [3.05, 3.63) is 41.6 Å². The van der Waals surface area contributed by atoms with Gasteiger partial charge in [-0.1, -0.05) is 12.1 Å². The van der Waals surface area contributed by atoms with E-state index in [0.29, 0.717) is 6.42 Å². The van der Waals surface area contributed by atoms with Crippen LogP contribution in [0.3, 0.4) is 0 Å². The number of sulfone groups is 1. The zero-order chi connectivity index (χ0) is 14.3. The SMILES string of the molecule is Cc1ccc2cc(C(N)C3CCS(=O)(=O)C3)ccc2n1. The van der Waals surface area contributed by atoms with Crippen LogP contribution in [0.4, 0.5) is 0 Å². The molecule has 1 aromatic heterocycles. The topological polar surface area (TPSA) is 73.1 Å². The first-order valence-electron chi connectivity index (χ1n) is 6.78. The molecular weight excluding hydrogens is 272 g/mol. The molecule has 2 heterocycles. The van der Waals surface area contributed by atoms with Crippen LogP contribution in [0.2, 0.25) is 0 Å². The molecular formula is C15H18N2O2S. The van der Waals surface area contributed by atoms with E-state index in [1.54, 1.807) is 0 Å². The molecule has 0 radical (unpaired) electrons. The Bertz CT molecular complexity index is 756. The van der Waals surface area contributed by atoms with Crippen LogP contribution in [0, 0.1) is 12.8 Å². The molecule has 1 aliphatic rings. The van der Waals surface area contributed by atoms with Crippen molar-refractivity contribution < 1.29 is 8.42 Å². The van der Waals surface area contributed by atoms with E-state index >= 15 is 0 Å². The number of fused-ring (bicyclic) bond motifs is 1. The van der Waals surface area contributed by atoms with Gasteiger partial charge in [0.1, 0.15) is 0 Å². The molecule has 2 N–H and O–H groups in total. The Labute approximate surface area is 118 Å². The first kappa shape index (κ1) is 13.5. The van der Waals surface area contributed by atoms with E-state index in [9.17, 15) is 8.42 Å².